The number of hydrogen-bond donors (Lipinski definition) is 0. The Balaban J connectivity index is 1.07. The Labute approximate surface area is 250 Å². The van der Waals surface area contributed by atoms with Crippen molar-refractivity contribution in [3.05, 3.63) is 60.2 Å². The van der Waals surface area contributed by atoms with E-state index in [1.165, 1.54) is 0 Å². The van der Waals surface area contributed by atoms with Gasteiger partial charge in [-0.3, -0.25) is 4.79 Å². The van der Waals surface area contributed by atoms with Crippen LogP contribution in [0, 0.1) is 29.1 Å². The Kier molecular flexibility index (Phi) is 8.35. The summed E-state index contributed by atoms with van der Waals surface area (Å²) in [5.74, 6) is 0.646. The molecule has 4 fully saturated rings. The molecule has 0 aromatic heterocycles. The van der Waals surface area contributed by atoms with Crippen molar-refractivity contribution >= 4 is 21.5 Å². The molecule has 7 nitrogen and oxygen atoms in total. The van der Waals surface area contributed by atoms with Crippen LogP contribution in [0.15, 0.2) is 59.5 Å². The monoisotopic (exact) mass is 589 g/mol. The molecule has 8 heteroatoms. The van der Waals surface area contributed by atoms with Crippen molar-refractivity contribution in [2.75, 3.05) is 37.6 Å². The Bertz CT molecular complexity index is 1390. The number of benzene rings is 2. The lowest BCUT2D eigenvalue weighted by atomic mass is 9.59. The topological polar surface area (TPSA) is 90.7 Å². The van der Waals surface area contributed by atoms with E-state index in [2.05, 4.69) is 28.0 Å². The van der Waals surface area contributed by atoms with Crippen LogP contribution < -0.4 is 4.90 Å². The molecule has 0 spiro atoms. The van der Waals surface area contributed by atoms with Crippen molar-refractivity contribution in [2.45, 2.75) is 80.0 Å². The molecule has 0 radical (unpaired) electrons. The summed E-state index contributed by atoms with van der Waals surface area (Å²) in [4.78, 5) is 17.6. The van der Waals surface area contributed by atoms with Gasteiger partial charge in [0.15, 0.2) is 9.84 Å². The molecule has 6 rings (SSSR count). The highest BCUT2D eigenvalue weighted by atomic mass is 32.2. The van der Waals surface area contributed by atoms with Crippen molar-refractivity contribution < 1.29 is 17.9 Å². The predicted octanol–water partition coefficient (Wildman–Crippen LogP) is 5.35. The lowest BCUT2D eigenvalue weighted by Crippen LogP contribution is -2.54. The number of carbonyl (C=O) groups excluding carboxylic acids is 1. The fraction of sp³-hybridized carbons (Fsp3) is 0.588. The minimum Gasteiger partial charge on any atom is -0.462 e. The van der Waals surface area contributed by atoms with Crippen molar-refractivity contribution in [3.63, 3.8) is 0 Å². The van der Waals surface area contributed by atoms with Gasteiger partial charge in [0, 0.05) is 43.6 Å². The molecule has 2 aliphatic carbocycles. The van der Waals surface area contributed by atoms with Gasteiger partial charge in [-0.2, -0.15) is 5.26 Å². The van der Waals surface area contributed by atoms with Crippen LogP contribution in [0.2, 0.25) is 0 Å². The molecule has 1 unspecified atom stereocenters. The minimum atomic E-state index is -3.14. The van der Waals surface area contributed by atoms with E-state index in [0.717, 1.165) is 88.9 Å². The summed E-state index contributed by atoms with van der Waals surface area (Å²) in [6.45, 7) is 6.77. The fourth-order valence-corrected chi connectivity index (χ4v) is 9.45. The number of rotatable bonds is 10. The summed E-state index contributed by atoms with van der Waals surface area (Å²) < 4.78 is 30.9. The lowest BCUT2D eigenvalue weighted by molar-refractivity contribution is -0.151. The predicted molar refractivity (Wildman–Crippen MR) is 163 cm³/mol. The first-order valence-electron chi connectivity index (χ1n) is 15.8. The number of nitrogens with zero attached hydrogens (tertiary/aromatic N) is 3. The van der Waals surface area contributed by atoms with Gasteiger partial charge < -0.3 is 14.5 Å². The normalized spacial score (nSPS) is 25.4. The summed E-state index contributed by atoms with van der Waals surface area (Å²) in [5.41, 5.74) is 1.51. The zero-order valence-electron chi connectivity index (χ0n) is 24.7. The van der Waals surface area contributed by atoms with Crippen LogP contribution in [0.1, 0.15) is 63.9 Å². The third kappa shape index (κ3) is 5.58. The fourth-order valence-electron chi connectivity index (χ4n) is 7.79. The molecule has 0 bridgehead atoms. The molecule has 2 heterocycles. The Morgan fingerprint density at radius 2 is 1.67 bits per heavy atom. The SMILES string of the molecule is CCC(=O)O[C@@H]1CCC[C@H]1C(C#N)(c1ccccc1)C1CCN(CC2CN(c3ccc(S(=O)(=O)C4CC4)cc3)C2)CC1. The molecule has 0 N–H and O–H groups in total. The molecule has 42 heavy (non-hydrogen) atoms. The maximum absolute atomic E-state index is 12.5. The molecular weight excluding hydrogens is 546 g/mol. The molecule has 4 aliphatic rings. The van der Waals surface area contributed by atoms with Crippen LogP contribution >= 0.6 is 0 Å². The van der Waals surface area contributed by atoms with E-state index in [1.54, 1.807) is 12.1 Å². The summed E-state index contributed by atoms with van der Waals surface area (Å²) in [6.07, 6.45) is 6.39. The van der Waals surface area contributed by atoms with Crippen molar-refractivity contribution in [1.29, 1.82) is 5.26 Å². The number of esters is 1. The summed E-state index contributed by atoms with van der Waals surface area (Å²) in [5, 5.41) is 10.7. The van der Waals surface area contributed by atoms with E-state index in [1.807, 2.05) is 37.3 Å². The smallest absolute Gasteiger partial charge is 0.305 e. The van der Waals surface area contributed by atoms with Gasteiger partial charge in [-0.05, 0) is 93.8 Å². The van der Waals surface area contributed by atoms with E-state index >= 15 is 0 Å². The number of likely N-dealkylation sites (tertiary alicyclic amines) is 1. The van der Waals surface area contributed by atoms with Gasteiger partial charge >= 0.3 is 5.97 Å². The second-order valence-electron chi connectivity index (χ2n) is 12.9. The van der Waals surface area contributed by atoms with Crippen LogP contribution in [0.3, 0.4) is 0 Å². The van der Waals surface area contributed by atoms with Crippen LogP contribution in [-0.2, 0) is 24.8 Å². The maximum atomic E-state index is 12.5. The van der Waals surface area contributed by atoms with E-state index in [0.29, 0.717) is 17.2 Å². The number of sulfone groups is 1. The first kappa shape index (κ1) is 29.2. The van der Waals surface area contributed by atoms with Gasteiger partial charge in [0.1, 0.15) is 6.10 Å². The third-order valence-corrected chi connectivity index (χ3v) is 12.5. The number of ether oxygens (including phenoxy) is 1. The minimum absolute atomic E-state index is 0.0165. The molecule has 0 amide bonds. The summed E-state index contributed by atoms with van der Waals surface area (Å²) in [6, 6.07) is 20.5. The standard InChI is InChI=1S/C34H43N3O4S/c1-2-33(38)41-32-10-6-9-31(32)34(24-35,26-7-4-3-5-8-26)27-17-19-36(20-18-27)21-25-22-37(23-25)28-11-13-29(14-12-28)42(39,40)30-15-16-30/h3-5,7-8,11-14,25,27,30-32H,2,6,9-10,15-23H2,1H3/t31-,32-,34?/m1/s1. The Morgan fingerprint density at radius 3 is 2.29 bits per heavy atom. The van der Waals surface area contributed by atoms with E-state index in [-0.39, 0.29) is 29.2 Å². The number of anilines is 1. The van der Waals surface area contributed by atoms with Crippen molar-refractivity contribution in [1.82, 2.24) is 4.90 Å². The molecule has 2 aromatic carbocycles. The Hall–Kier alpha value is -2.89. The van der Waals surface area contributed by atoms with Gasteiger partial charge in [-0.25, -0.2) is 8.42 Å². The number of carbonyl (C=O) groups is 1. The van der Waals surface area contributed by atoms with E-state index in [4.69, 9.17) is 4.74 Å². The zero-order chi connectivity index (χ0) is 29.3. The largest absolute Gasteiger partial charge is 0.462 e. The summed E-state index contributed by atoms with van der Waals surface area (Å²) in [7, 11) is -3.14. The first-order valence-corrected chi connectivity index (χ1v) is 17.4. The average Bonchev–Trinajstić information content (AvgIpc) is 3.77. The third-order valence-electron chi connectivity index (χ3n) is 10.2. The van der Waals surface area contributed by atoms with Crippen LogP contribution in [0.4, 0.5) is 5.69 Å². The van der Waals surface area contributed by atoms with Gasteiger partial charge in [0.05, 0.1) is 21.6 Å². The molecule has 2 saturated carbocycles. The zero-order valence-corrected chi connectivity index (χ0v) is 25.5. The Morgan fingerprint density at radius 1 is 0.976 bits per heavy atom. The molecule has 224 valence electrons. The highest BCUT2D eigenvalue weighted by molar-refractivity contribution is 7.92. The van der Waals surface area contributed by atoms with Crippen LogP contribution in [0.25, 0.3) is 0 Å². The quantitative estimate of drug-likeness (QED) is 0.345. The second kappa shape index (κ2) is 12.0. The maximum Gasteiger partial charge on any atom is 0.305 e. The number of hydrogen-bond acceptors (Lipinski definition) is 7. The van der Waals surface area contributed by atoms with Crippen molar-refractivity contribution in [3.8, 4) is 6.07 Å². The van der Waals surface area contributed by atoms with Gasteiger partial charge in [0.25, 0.3) is 0 Å². The lowest BCUT2D eigenvalue weighted by Gasteiger charge is -2.48. The summed E-state index contributed by atoms with van der Waals surface area (Å²) >= 11 is 0. The molecule has 2 aromatic rings. The number of piperidine rings is 1. The van der Waals surface area contributed by atoms with Gasteiger partial charge in [0.2, 0.25) is 0 Å². The van der Waals surface area contributed by atoms with Crippen LogP contribution in [0.5, 0.6) is 0 Å². The van der Waals surface area contributed by atoms with Gasteiger partial charge in [-0.1, -0.05) is 37.3 Å². The van der Waals surface area contributed by atoms with E-state index < -0.39 is 15.3 Å². The molecule has 2 aliphatic heterocycles. The number of nitriles is 1. The first-order chi connectivity index (χ1) is 20.3. The van der Waals surface area contributed by atoms with Crippen molar-refractivity contribution in [2.24, 2.45) is 17.8 Å². The highest BCUT2D eigenvalue weighted by Gasteiger charge is 2.53. The molecular formula is C34H43N3O4S. The highest BCUT2D eigenvalue weighted by Crippen LogP contribution is 2.51. The second-order valence-corrected chi connectivity index (χ2v) is 15.1. The molecule has 2 saturated heterocycles. The van der Waals surface area contributed by atoms with Gasteiger partial charge in [-0.15, -0.1) is 0 Å². The molecule has 3 atom stereocenters. The van der Waals surface area contributed by atoms with E-state index in [9.17, 15) is 18.5 Å². The average molecular weight is 590 g/mol. The van der Waals surface area contributed by atoms with Crippen LogP contribution in [-0.4, -0.2) is 63.4 Å².